The molecular weight excluding hydrogens is 198 g/mol. The summed E-state index contributed by atoms with van der Waals surface area (Å²) in [6.45, 7) is 6.17. The highest BCUT2D eigenvalue weighted by molar-refractivity contribution is 5.39. The Kier molecular flexibility index (Phi) is 2.65. The third-order valence-electron chi connectivity index (χ3n) is 2.70. The first-order chi connectivity index (χ1) is 7.59. The lowest BCUT2D eigenvalue weighted by Gasteiger charge is -2.05. The lowest BCUT2D eigenvalue weighted by atomic mass is 10.2. The first-order valence-corrected chi connectivity index (χ1v) is 5.38. The molecule has 0 spiro atoms. The van der Waals surface area contributed by atoms with Crippen LogP contribution in [0.4, 0.5) is 0 Å². The molecule has 0 aliphatic rings. The highest BCUT2D eigenvalue weighted by Crippen LogP contribution is 2.17. The number of phenolic OH excluding ortho intramolecular Hbond substituents is 1. The van der Waals surface area contributed by atoms with Crippen molar-refractivity contribution in [1.29, 1.82) is 0 Å². The topological polar surface area (TPSA) is 24.1 Å². The average Bonchev–Trinajstić information content (AvgIpc) is 2.19. The Bertz CT molecular complexity index is 509. The van der Waals surface area contributed by atoms with Gasteiger partial charge in [-0.1, -0.05) is 12.1 Å². The van der Waals surface area contributed by atoms with Crippen LogP contribution >= 0.6 is 0 Å². The number of nitrogens with zero attached hydrogens (tertiary/aromatic N) is 1. The standard InChI is InChI=1S/C14H15NO/c1-10-8-11(2)15(12(3)9-10)13-6-4-5-7-14(13)16/h4-9H,1-3H3/p+1. The number of pyridine rings is 1. The molecule has 1 heterocycles. The molecule has 2 nitrogen and oxygen atoms in total. The molecule has 1 N–H and O–H groups in total. The number of phenols is 1. The fourth-order valence-corrected chi connectivity index (χ4v) is 2.14. The van der Waals surface area contributed by atoms with Crippen LogP contribution in [0, 0.1) is 20.8 Å². The minimum atomic E-state index is 0.308. The third-order valence-corrected chi connectivity index (χ3v) is 2.70. The SMILES string of the molecule is Cc1cc(C)[n+](-c2ccccc2O)c(C)c1. The fourth-order valence-electron chi connectivity index (χ4n) is 2.14. The van der Waals surface area contributed by atoms with E-state index in [-0.39, 0.29) is 0 Å². The maximum Gasteiger partial charge on any atom is 0.253 e. The number of aromatic nitrogens is 1. The van der Waals surface area contributed by atoms with Gasteiger partial charge in [0.25, 0.3) is 5.69 Å². The molecule has 0 bridgehead atoms. The maximum atomic E-state index is 9.86. The number of aromatic hydroxyl groups is 1. The summed E-state index contributed by atoms with van der Waals surface area (Å²) in [5.41, 5.74) is 4.32. The van der Waals surface area contributed by atoms with Gasteiger partial charge >= 0.3 is 0 Å². The smallest absolute Gasteiger partial charge is 0.253 e. The summed E-state index contributed by atoms with van der Waals surface area (Å²) >= 11 is 0. The second-order valence-electron chi connectivity index (χ2n) is 4.14. The van der Waals surface area contributed by atoms with E-state index in [9.17, 15) is 5.11 Å². The Morgan fingerprint density at radius 2 is 1.50 bits per heavy atom. The molecule has 1 aromatic heterocycles. The summed E-state index contributed by atoms with van der Waals surface area (Å²) < 4.78 is 2.06. The van der Waals surface area contributed by atoms with E-state index in [0.29, 0.717) is 5.75 Å². The van der Waals surface area contributed by atoms with Gasteiger partial charge in [-0.2, -0.15) is 4.57 Å². The summed E-state index contributed by atoms with van der Waals surface area (Å²) in [4.78, 5) is 0. The molecule has 0 aliphatic carbocycles. The number of hydrogen-bond donors (Lipinski definition) is 1. The van der Waals surface area contributed by atoms with Crippen molar-refractivity contribution in [3.63, 3.8) is 0 Å². The van der Waals surface area contributed by atoms with Gasteiger partial charge in [-0.3, -0.25) is 0 Å². The molecule has 0 fully saturated rings. The first kappa shape index (κ1) is 10.7. The third kappa shape index (κ3) is 1.78. The number of aryl methyl sites for hydroxylation is 3. The second-order valence-corrected chi connectivity index (χ2v) is 4.14. The van der Waals surface area contributed by atoms with Crippen LogP contribution in [0.1, 0.15) is 17.0 Å². The minimum Gasteiger partial charge on any atom is -0.502 e. The van der Waals surface area contributed by atoms with Gasteiger partial charge in [0.15, 0.2) is 17.1 Å². The highest BCUT2D eigenvalue weighted by Gasteiger charge is 2.17. The Hall–Kier alpha value is -1.83. The summed E-state index contributed by atoms with van der Waals surface area (Å²) in [5, 5.41) is 9.86. The molecule has 1 aromatic carbocycles. The Balaban J connectivity index is 2.70. The number of para-hydroxylation sites is 2. The van der Waals surface area contributed by atoms with Crippen LogP contribution < -0.4 is 4.57 Å². The number of benzene rings is 1. The lowest BCUT2D eigenvalue weighted by molar-refractivity contribution is -0.610. The van der Waals surface area contributed by atoms with E-state index in [1.807, 2.05) is 32.0 Å². The fraction of sp³-hybridized carbons (Fsp3) is 0.214. The monoisotopic (exact) mass is 214 g/mol. The van der Waals surface area contributed by atoms with E-state index in [2.05, 4.69) is 23.6 Å². The summed E-state index contributed by atoms with van der Waals surface area (Å²) in [6.07, 6.45) is 0. The van der Waals surface area contributed by atoms with Crippen LogP contribution in [0.25, 0.3) is 5.69 Å². The van der Waals surface area contributed by atoms with Gasteiger partial charge in [0.2, 0.25) is 0 Å². The van der Waals surface area contributed by atoms with Gasteiger partial charge in [0, 0.05) is 32.0 Å². The molecule has 0 aliphatic heterocycles. The van der Waals surface area contributed by atoms with Crippen LogP contribution in [-0.4, -0.2) is 5.11 Å². The second kappa shape index (κ2) is 3.97. The Labute approximate surface area is 95.8 Å². The molecule has 16 heavy (non-hydrogen) atoms. The molecule has 0 atom stereocenters. The average molecular weight is 214 g/mol. The van der Waals surface area contributed by atoms with E-state index in [1.165, 1.54) is 5.56 Å². The normalized spacial score (nSPS) is 10.4. The maximum absolute atomic E-state index is 9.86. The molecular formula is C14H16NO+. The zero-order valence-corrected chi connectivity index (χ0v) is 9.86. The van der Waals surface area contributed by atoms with Crippen LogP contribution in [0.3, 0.4) is 0 Å². The van der Waals surface area contributed by atoms with Crippen molar-refractivity contribution < 1.29 is 9.67 Å². The van der Waals surface area contributed by atoms with Crippen molar-refractivity contribution in [2.75, 3.05) is 0 Å². The van der Waals surface area contributed by atoms with Crippen molar-refractivity contribution in [1.82, 2.24) is 0 Å². The van der Waals surface area contributed by atoms with E-state index in [1.54, 1.807) is 6.07 Å². The van der Waals surface area contributed by atoms with Crippen LogP contribution in [-0.2, 0) is 0 Å². The molecule has 0 radical (unpaired) electrons. The molecule has 2 rings (SSSR count). The predicted molar refractivity (Wildman–Crippen MR) is 63.8 cm³/mol. The molecule has 0 amide bonds. The van der Waals surface area contributed by atoms with Crippen molar-refractivity contribution in [3.05, 3.63) is 53.3 Å². The first-order valence-electron chi connectivity index (χ1n) is 5.38. The van der Waals surface area contributed by atoms with Gasteiger partial charge < -0.3 is 5.11 Å². The van der Waals surface area contributed by atoms with Gasteiger partial charge in [-0.15, -0.1) is 0 Å². The van der Waals surface area contributed by atoms with Crippen LogP contribution in [0.15, 0.2) is 36.4 Å². The van der Waals surface area contributed by atoms with Gasteiger partial charge in [0.05, 0.1) is 0 Å². The summed E-state index contributed by atoms with van der Waals surface area (Å²) in [7, 11) is 0. The highest BCUT2D eigenvalue weighted by atomic mass is 16.3. The molecule has 0 saturated carbocycles. The Morgan fingerprint density at radius 1 is 0.938 bits per heavy atom. The van der Waals surface area contributed by atoms with Crippen molar-refractivity contribution in [2.24, 2.45) is 0 Å². The van der Waals surface area contributed by atoms with E-state index in [4.69, 9.17) is 0 Å². The summed E-state index contributed by atoms with van der Waals surface area (Å²) in [5.74, 6) is 0.308. The molecule has 0 unspecified atom stereocenters. The lowest BCUT2D eigenvalue weighted by Crippen LogP contribution is -2.37. The van der Waals surface area contributed by atoms with Crippen LogP contribution in [0.5, 0.6) is 5.75 Å². The zero-order chi connectivity index (χ0) is 11.7. The molecule has 82 valence electrons. The largest absolute Gasteiger partial charge is 0.502 e. The van der Waals surface area contributed by atoms with Gasteiger partial charge in [0.1, 0.15) is 0 Å². The van der Waals surface area contributed by atoms with E-state index in [0.717, 1.165) is 17.1 Å². The number of hydrogen-bond acceptors (Lipinski definition) is 1. The Morgan fingerprint density at radius 3 is 2.06 bits per heavy atom. The quantitative estimate of drug-likeness (QED) is 0.725. The minimum absolute atomic E-state index is 0.308. The summed E-state index contributed by atoms with van der Waals surface area (Å²) in [6, 6.07) is 11.6. The van der Waals surface area contributed by atoms with Crippen molar-refractivity contribution in [3.8, 4) is 11.4 Å². The van der Waals surface area contributed by atoms with Crippen LogP contribution in [0.2, 0.25) is 0 Å². The number of rotatable bonds is 1. The molecule has 2 heteroatoms. The van der Waals surface area contributed by atoms with E-state index < -0.39 is 0 Å². The molecule has 0 saturated heterocycles. The van der Waals surface area contributed by atoms with Crippen molar-refractivity contribution in [2.45, 2.75) is 20.8 Å². The zero-order valence-electron chi connectivity index (χ0n) is 9.86. The van der Waals surface area contributed by atoms with Crippen molar-refractivity contribution >= 4 is 0 Å². The van der Waals surface area contributed by atoms with E-state index >= 15 is 0 Å². The molecule has 2 aromatic rings. The van der Waals surface area contributed by atoms with Gasteiger partial charge in [-0.05, 0) is 18.6 Å². The predicted octanol–water partition coefficient (Wildman–Crippen LogP) is 2.59. The van der Waals surface area contributed by atoms with Gasteiger partial charge in [-0.25, -0.2) is 0 Å².